The van der Waals surface area contributed by atoms with Gasteiger partial charge < -0.3 is 10.1 Å². The van der Waals surface area contributed by atoms with Crippen molar-refractivity contribution in [3.05, 3.63) is 40.9 Å². The first-order valence-corrected chi connectivity index (χ1v) is 5.32. The summed E-state index contributed by atoms with van der Waals surface area (Å²) >= 11 is 6.13. The Bertz CT molecular complexity index is 349. The molecule has 1 rings (SSSR count). The summed E-state index contributed by atoms with van der Waals surface area (Å²) in [7, 11) is 1.90. The lowest BCUT2D eigenvalue weighted by atomic mass is 10.1. The molecule has 1 N–H and O–H groups in total. The highest BCUT2D eigenvalue weighted by Crippen LogP contribution is 2.24. The van der Waals surface area contributed by atoms with E-state index in [1.807, 2.05) is 32.2 Å². The molecule has 0 heterocycles. The van der Waals surface area contributed by atoms with Crippen LogP contribution < -0.4 is 5.32 Å². The molecule has 0 aliphatic heterocycles. The molecule has 0 unspecified atom stereocenters. The minimum Gasteiger partial charge on any atom is -0.494 e. The predicted molar refractivity (Wildman–Crippen MR) is 64.9 cm³/mol. The monoisotopic (exact) mass is 225 g/mol. The van der Waals surface area contributed by atoms with Crippen LogP contribution in [0.3, 0.4) is 0 Å². The van der Waals surface area contributed by atoms with E-state index in [0.717, 1.165) is 17.7 Å². The van der Waals surface area contributed by atoms with Crippen molar-refractivity contribution in [3.63, 3.8) is 0 Å². The highest BCUT2D eigenvalue weighted by atomic mass is 35.5. The van der Waals surface area contributed by atoms with E-state index in [9.17, 15) is 0 Å². The Labute approximate surface area is 95.9 Å². The molecule has 0 saturated heterocycles. The average molecular weight is 226 g/mol. The Morgan fingerprint density at radius 2 is 2.27 bits per heavy atom. The number of hydrogen-bond acceptors (Lipinski definition) is 2. The van der Waals surface area contributed by atoms with Crippen LogP contribution in [0.4, 0.5) is 0 Å². The summed E-state index contributed by atoms with van der Waals surface area (Å²) in [6.45, 7) is 7.17. The molecule has 1 aromatic rings. The van der Waals surface area contributed by atoms with Crippen LogP contribution >= 0.6 is 11.6 Å². The smallest absolute Gasteiger partial charge is 0.120 e. The lowest BCUT2D eigenvalue weighted by Gasteiger charge is -2.10. The Kier molecular flexibility index (Phi) is 4.66. The van der Waals surface area contributed by atoms with Crippen molar-refractivity contribution in [1.82, 2.24) is 5.32 Å². The van der Waals surface area contributed by atoms with Crippen LogP contribution in [0.1, 0.15) is 18.1 Å². The van der Waals surface area contributed by atoms with Crippen molar-refractivity contribution >= 4 is 17.4 Å². The van der Waals surface area contributed by atoms with Crippen molar-refractivity contribution in [3.8, 4) is 0 Å². The first-order chi connectivity index (χ1) is 7.19. The van der Waals surface area contributed by atoms with E-state index in [1.165, 1.54) is 0 Å². The van der Waals surface area contributed by atoms with Crippen molar-refractivity contribution in [2.75, 3.05) is 13.7 Å². The van der Waals surface area contributed by atoms with Gasteiger partial charge in [0.2, 0.25) is 0 Å². The maximum absolute atomic E-state index is 6.13. The summed E-state index contributed by atoms with van der Waals surface area (Å²) in [5.74, 6) is 0.624. The van der Waals surface area contributed by atoms with Crippen LogP contribution in [0.5, 0.6) is 0 Å². The van der Waals surface area contributed by atoms with Gasteiger partial charge in [0.25, 0.3) is 0 Å². The second-order valence-electron chi connectivity index (χ2n) is 3.20. The molecule has 0 amide bonds. The highest BCUT2D eigenvalue weighted by molar-refractivity contribution is 6.32. The van der Waals surface area contributed by atoms with Crippen molar-refractivity contribution in [2.24, 2.45) is 0 Å². The molecule has 0 aliphatic rings. The van der Waals surface area contributed by atoms with Gasteiger partial charge in [0.05, 0.1) is 11.6 Å². The molecular formula is C12H16ClNO. The molecule has 15 heavy (non-hydrogen) atoms. The number of nitrogens with one attached hydrogen (secondary N) is 1. The Morgan fingerprint density at radius 3 is 2.80 bits per heavy atom. The predicted octanol–water partition coefficient (Wildman–Crippen LogP) is 3.07. The third-order valence-electron chi connectivity index (χ3n) is 2.03. The zero-order valence-electron chi connectivity index (χ0n) is 9.14. The van der Waals surface area contributed by atoms with Gasteiger partial charge in [0.1, 0.15) is 5.76 Å². The molecule has 3 heteroatoms. The van der Waals surface area contributed by atoms with E-state index in [1.54, 1.807) is 0 Å². The second-order valence-corrected chi connectivity index (χ2v) is 3.61. The number of benzene rings is 1. The molecule has 0 spiro atoms. The Balaban J connectivity index is 2.87. The number of hydrogen-bond donors (Lipinski definition) is 1. The molecule has 0 aliphatic carbocycles. The van der Waals surface area contributed by atoms with Crippen LogP contribution in [-0.4, -0.2) is 13.7 Å². The largest absolute Gasteiger partial charge is 0.494 e. The second kappa shape index (κ2) is 5.79. The van der Waals surface area contributed by atoms with Gasteiger partial charge in [0.15, 0.2) is 0 Å². The molecule has 0 bridgehead atoms. The van der Waals surface area contributed by atoms with Crippen LogP contribution in [-0.2, 0) is 11.3 Å². The average Bonchev–Trinajstić information content (AvgIpc) is 2.18. The van der Waals surface area contributed by atoms with Gasteiger partial charge >= 0.3 is 0 Å². The quantitative estimate of drug-likeness (QED) is 0.778. The fraction of sp³-hybridized carbons (Fsp3) is 0.333. The topological polar surface area (TPSA) is 21.3 Å². The van der Waals surface area contributed by atoms with Gasteiger partial charge in [0, 0.05) is 12.1 Å². The summed E-state index contributed by atoms with van der Waals surface area (Å²) in [6.07, 6.45) is 0. The normalized spacial score (nSPS) is 10.1. The highest BCUT2D eigenvalue weighted by Gasteiger charge is 2.05. The molecule has 82 valence electrons. The van der Waals surface area contributed by atoms with E-state index in [0.29, 0.717) is 17.4 Å². The van der Waals surface area contributed by atoms with Crippen molar-refractivity contribution < 1.29 is 4.74 Å². The van der Waals surface area contributed by atoms with Gasteiger partial charge in [-0.2, -0.15) is 0 Å². The van der Waals surface area contributed by atoms with E-state index >= 15 is 0 Å². The Hall–Kier alpha value is -0.990. The molecule has 0 fully saturated rings. The van der Waals surface area contributed by atoms with Gasteiger partial charge in [-0.3, -0.25) is 0 Å². The molecule has 0 aromatic heterocycles. The first-order valence-electron chi connectivity index (χ1n) is 4.94. The fourth-order valence-electron chi connectivity index (χ4n) is 1.35. The van der Waals surface area contributed by atoms with Crippen molar-refractivity contribution in [1.29, 1.82) is 0 Å². The van der Waals surface area contributed by atoms with E-state index in [-0.39, 0.29) is 0 Å². The molecule has 2 nitrogen and oxygen atoms in total. The van der Waals surface area contributed by atoms with Gasteiger partial charge in [-0.25, -0.2) is 0 Å². The fourth-order valence-corrected chi connectivity index (χ4v) is 1.66. The van der Waals surface area contributed by atoms with Crippen LogP contribution in [0.15, 0.2) is 24.8 Å². The lowest BCUT2D eigenvalue weighted by molar-refractivity contribution is 0.299. The zero-order valence-corrected chi connectivity index (χ0v) is 9.90. The maximum atomic E-state index is 6.13. The molecule has 0 saturated carbocycles. The standard InChI is InChI=1S/C12H16ClNO/c1-4-15-9(2)11-6-5-10(8-14-3)7-12(11)13/h5-7,14H,2,4,8H2,1,3H3. The minimum absolute atomic E-state index is 0.605. The van der Waals surface area contributed by atoms with Crippen LogP contribution in [0, 0.1) is 0 Å². The number of halogens is 1. The molecule has 1 aromatic carbocycles. The third kappa shape index (κ3) is 3.26. The van der Waals surface area contributed by atoms with E-state index < -0.39 is 0 Å². The summed E-state index contributed by atoms with van der Waals surface area (Å²) in [5.41, 5.74) is 2.01. The van der Waals surface area contributed by atoms with Gasteiger partial charge in [-0.05, 0) is 31.7 Å². The van der Waals surface area contributed by atoms with Crippen LogP contribution in [0.25, 0.3) is 5.76 Å². The number of rotatable bonds is 5. The van der Waals surface area contributed by atoms with Crippen molar-refractivity contribution in [2.45, 2.75) is 13.5 Å². The number of ether oxygens (including phenoxy) is 1. The first kappa shape index (κ1) is 12.1. The zero-order chi connectivity index (χ0) is 11.3. The summed E-state index contributed by atoms with van der Waals surface area (Å²) in [5, 5.41) is 3.75. The Morgan fingerprint density at radius 1 is 1.53 bits per heavy atom. The summed E-state index contributed by atoms with van der Waals surface area (Å²) in [6, 6.07) is 5.88. The molecular weight excluding hydrogens is 210 g/mol. The maximum Gasteiger partial charge on any atom is 0.120 e. The third-order valence-corrected chi connectivity index (χ3v) is 2.35. The van der Waals surface area contributed by atoms with Gasteiger partial charge in [-0.1, -0.05) is 24.2 Å². The van der Waals surface area contributed by atoms with E-state index in [4.69, 9.17) is 16.3 Å². The molecule has 0 radical (unpaired) electrons. The van der Waals surface area contributed by atoms with Gasteiger partial charge in [-0.15, -0.1) is 0 Å². The summed E-state index contributed by atoms with van der Waals surface area (Å²) < 4.78 is 5.31. The lowest BCUT2D eigenvalue weighted by Crippen LogP contribution is -2.05. The summed E-state index contributed by atoms with van der Waals surface area (Å²) in [4.78, 5) is 0. The SMILES string of the molecule is C=C(OCC)c1ccc(CNC)cc1Cl. The van der Waals surface area contributed by atoms with Crippen LogP contribution in [0.2, 0.25) is 5.02 Å². The van der Waals surface area contributed by atoms with E-state index in [2.05, 4.69) is 11.9 Å². The molecule has 0 atom stereocenters. The minimum atomic E-state index is 0.605.